The Morgan fingerprint density at radius 3 is 2.37 bits per heavy atom. The number of hydrogen-bond acceptors (Lipinski definition) is 2. The molecular weight excluding hydrogens is 234 g/mol. The van der Waals surface area contributed by atoms with Crippen LogP contribution in [-0.4, -0.2) is 13.2 Å². The molecule has 1 unspecified atom stereocenters. The van der Waals surface area contributed by atoms with E-state index in [-0.39, 0.29) is 0 Å². The normalized spacial score (nSPS) is 18.7. The van der Waals surface area contributed by atoms with Crippen LogP contribution >= 0.6 is 0 Å². The van der Waals surface area contributed by atoms with E-state index in [0.717, 1.165) is 18.9 Å². The predicted octanol–water partition coefficient (Wildman–Crippen LogP) is 4.32. The van der Waals surface area contributed by atoms with Gasteiger partial charge in [0, 0.05) is 12.6 Å². The highest BCUT2D eigenvalue weighted by Gasteiger charge is 2.34. The number of benzene rings is 1. The van der Waals surface area contributed by atoms with Crippen LogP contribution < -0.4 is 10.1 Å². The Kier molecular flexibility index (Phi) is 4.87. The van der Waals surface area contributed by atoms with E-state index in [0.29, 0.717) is 11.5 Å². The molecule has 2 nitrogen and oxygen atoms in total. The molecule has 1 atom stereocenters. The molecule has 0 saturated heterocycles. The van der Waals surface area contributed by atoms with Gasteiger partial charge in [0.2, 0.25) is 0 Å². The Hall–Kier alpha value is -1.02. The van der Waals surface area contributed by atoms with Crippen molar-refractivity contribution in [3.63, 3.8) is 0 Å². The van der Waals surface area contributed by atoms with E-state index in [1.807, 2.05) is 6.92 Å². The molecule has 0 spiro atoms. The summed E-state index contributed by atoms with van der Waals surface area (Å²) in [6, 6.07) is 8.88. The van der Waals surface area contributed by atoms with Crippen LogP contribution in [0.5, 0.6) is 5.75 Å². The molecule has 1 aromatic carbocycles. The number of rotatable bonds is 7. The fraction of sp³-hybridized carbons (Fsp3) is 0.647. The van der Waals surface area contributed by atoms with Crippen LogP contribution in [-0.2, 0) is 0 Å². The van der Waals surface area contributed by atoms with E-state index in [4.69, 9.17) is 4.74 Å². The molecule has 1 aromatic rings. The molecule has 1 aliphatic rings. The van der Waals surface area contributed by atoms with Gasteiger partial charge in [0.15, 0.2) is 0 Å². The quantitative estimate of drug-likeness (QED) is 0.789. The minimum Gasteiger partial charge on any atom is -0.494 e. The van der Waals surface area contributed by atoms with Gasteiger partial charge < -0.3 is 10.1 Å². The molecule has 1 N–H and O–H groups in total. The summed E-state index contributed by atoms with van der Waals surface area (Å²) in [6.07, 6.45) is 5.50. The zero-order valence-electron chi connectivity index (χ0n) is 12.5. The molecule has 2 rings (SSSR count). The maximum Gasteiger partial charge on any atom is 0.119 e. The lowest BCUT2D eigenvalue weighted by Gasteiger charge is -2.42. The standard InChI is InChI=1S/C17H27NO/c1-4-17(11-6-12-17)13-18-14(3)15-7-9-16(10-8-15)19-5-2/h7-10,14,18H,4-6,11-13H2,1-3H3. The molecule has 1 fully saturated rings. The van der Waals surface area contributed by atoms with Gasteiger partial charge >= 0.3 is 0 Å². The summed E-state index contributed by atoms with van der Waals surface area (Å²) in [5.74, 6) is 0.961. The largest absolute Gasteiger partial charge is 0.494 e. The highest BCUT2D eigenvalue weighted by atomic mass is 16.5. The summed E-state index contributed by atoms with van der Waals surface area (Å²) in [4.78, 5) is 0. The van der Waals surface area contributed by atoms with Gasteiger partial charge in [0.25, 0.3) is 0 Å². The van der Waals surface area contributed by atoms with Crippen LogP contribution in [0.3, 0.4) is 0 Å². The third-order valence-electron chi connectivity index (χ3n) is 4.64. The van der Waals surface area contributed by atoms with Crippen molar-refractivity contribution in [1.82, 2.24) is 5.32 Å². The minimum atomic E-state index is 0.416. The van der Waals surface area contributed by atoms with Gasteiger partial charge in [0.1, 0.15) is 5.75 Å². The van der Waals surface area contributed by atoms with E-state index < -0.39 is 0 Å². The lowest BCUT2D eigenvalue weighted by molar-refractivity contribution is 0.120. The average Bonchev–Trinajstić information content (AvgIpc) is 2.39. The Labute approximate surface area is 117 Å². The van der Waals surface area contributed by atoms with Crippen molar-refractivity contribution in [3.8, 4) is 5.75 Å². The number of nitrogens with one attached hydrogen (secondary N) is 1. The first kappa shape index (κ1) is 14.4. The number of ether oxygens (including phenoxy) is 1. The molecular formula is C17H27NO. The fourth-order valence-corrected chi connectivity index (χ4v) is 2.84. The first-order valence-electron chi connectivity index (χ1n) is 7.65. The molecule has 0 aliphatic heterocycles. The summed E-state index contributed by atoms with van der Waals surface area (Å²) >= 11 is 0. The fourth-order valence-electron chi connectivity index (χ4n) is 2.84. The van der Waals surface area contributed by atoms with Crippen LogP contribution in [0.15, 0.2) is 24.3 Å². The summed E-state index contributed by atoms with van der Waals surface area (Å²) in [5, 5.41) is 3.70. The smallest absolute Gasteiger partial charge is 0.119 e. The molecule has 106 valence electrons. The first-order valence-corrected chi connectivity index (χ1v) is 7.65. The minimum absolute atomic E-state index is 0.416. The Morgan fingerprint density at radius 2 is 1.89 bits per heavy atom. The van der Waals surface area contributed by atoms with Crippen LogP contribution in [0.4, 0.5) is 0 Å². The first-order chi connectivity index (χ1) is 9.19. The van der Waals surface area contributed by atoms with Crippen molar-refractivity contribution in [2.75, 3.05) is 13.2 Å². The van der Waals surface area contributed by atoms with Crippen LogP contribution in [0, 0.1) is 5.41 Å². The van der Waals surface area contributed by atoms with Crippen LogP contribution in [0.2, 0.25) is 0 Å². The molecule has 0 radical (unpaired) electrons. The lowest BCUT2D eigenvalue weighted by Crippen LogP contribution is -2.40. The Bertz CT molecular complexity index is 375. The van der Waals surface area contributed by atoms with Gasteiger partial charge in [-0.15, -0.1) is 0 Å². The molecule has 0 amide bonds. The summed E-state index contributed by atoms with van der Waals surface area (Å²) in [6.45, 7) is 8.46. The summed E-state index contributed by atoms with van der Waals surface area (Å²) < 4.78 is 5.48. The van der Waals surface area contributed by atoms with E-state index in [2.05, 4.69) is 43.4 Å². The third-order valence-corrected chi connectivity index (χ3v) is 4.64. The van der Waals surface area contributed by atoms with Gasteiger partial charge in [-0.25, -0.2) is 0 Å². The maximum absolute atomic E-state index is 5.48. The zero-order valence-corrected chi connectivity index (χ0v) is 12.5. The van der Waals surface area contributed by atoms with Crippen molar-refractivity contribution in [2.24, 2.45) is 5.41 Å². The van der Waals surface area contributed by atoms with E-state index in [9.17, 15) is 0 Å². The second-order valence-corrected chi connectivity index (χ2v) is 5.81. The highest BCUT2D eigenvalue weighted by Crippen LogP contribution is 2.43. The van der Waals surface area contributed by atoms with Gasteiger partial charge in [-0.3, -0.25) is 0 Å². The van der Waals surface area contributed by atoms with E-state index in [1.165, 1.54) is 31.2 Å². The van der Waals surface area contributed by atoms with Gasteiger partial charge in [0.05, 0.1) is 6.61 Å². The van der Waals surface area contributed by atoms with Crippen molar-refractivity contribution in [1.29, 1.82) is 0 Å². The third kappa shape index (κ3) is 3.50. The van der Waals surface area contributed by atoms with Gasteiger partial charge in [-0.2, -0.15) is 0 Å². The van der Waals surface area contributed by atoms with Crippen LogP contribution in [0.1, 0.15) is 58.1 Å². The maximum atomic E-state index is 5.48. The second-order valence-electron chi connectivity index (χ2n) is 5.81. The Balaban J connectivity index is 1.86. The van der Waals surface area contributed by atoms with E-state index in [1.54, 1.807) is 0 Å². The summed E-state index contributed by atoms with van der Waals surface area (Å²) in [5.41, 5.74) is 1.92. The zero-order chi connectivity index (χ0) is 13.7. The van der Waals surface area contributed by atoms with Crippen LogP contribution in [0.25, 0.3) is 0 Å². The van der Waals surface area contributed by atoms with Gasteiger partial charge in [-0.05, 0) is 56.2 Å². The monoisotopic (exact) mass is 261 g/mol. The van der Waals surface area contributed by atoms with Crippen molar-refractivity contribution in [3.05, 3.63) is 29.8 Å². The molecule has 1 aliphatic carbocycles. The predicted molar refractivity (Wildman–Crippen MR) is 80.6 cm³/mol. The molecule has 19 heavy (non-hydrogen) atoms. The Morgan fingerprint density at radius 1 is 1.21 bits per heavy atom. The molecule has 0 heterocycles. The molecule has 2 heteroatoms. The van der Waals surface area contributed by atoms with E-state index >= 15 is 0 Å². The van der Waals surface area contributed by atoms with Crippen molar-refractivity contribution >= 4 is 0 Å². The number of hydrogen-bond donors (Lipinski definition) is 1. The second kappa shape index (κ2) is 6.42. The lowest BCUT2D eigenvalue weighted by atomic mass is 9.67. The highest BCUT2D eigenvalue weighted by molar-refractivity contribution is 5.28. The SMILES string of the molecule is CCOc1ccc(C(C)NCC2(CC)CCC2)cc1. The van der Waals surface area contributed by atoms with Crippen molar-refractivity contribution < 1.29 is 4.74 Å². The van der Waals surface area contributed by atoms with Crippen molar-refractivity contribution in [2.45, 2.75) is 52.5 Å². The topological polar surface area (TPSA) is 21.3 Å². The molecule has 0 bridgehead atoms. The molecule has 0 aromatic heterocycles. The average molecular weight is 261 g/mol. The summed E-state index contributed by atoms with van der Waals surface area (Å²) in [7, 11) is 0. The van der Waals surface area contributed by atoms with Gasteiger partial charge in [-0.1, -0.05) is 25.5 Å². The molecule has 1 saturated carbocycles.